The molecule has 2 aromatic rings. The van der Waals surface area contributed by atoms with Gasteiger partial charge in [-0.25, -0.2) is 0 Å². The molecule has 104 valence electrons. The molecule has 1 aromatic heterocycles. The number of thiophene rings is 1. The van der Waals surface area contributed by atoms with Gasteiger partial charge >= 0.3 is 5.97 Å². The van der Waals surface area contributed by atoms with Crippen molar-refractivity contribution in [2.24, 2.45) is 0 Å². The maximum atomic E-state index is 11.7. The molecule has 0 radical (unpaired) electrons. The van der Waals surface area contributed by atoms with Crippen molar-refractivity contribution in [1.82, 2.24) is 0 Å². The predicted octanol–water partition coefficient (Wildman–Crippen LogP) is 3.24. The highest BCUT2D eigenvalue weighted by Crippen LogP contribution is 2.20. The van der Waals surface area contributed by atoms with Gasteiger partial charge in [-0.05, 0) is 50.5 Å². The number of ether oxygens (including phenoxy) is 1. The zero-order valence-electron chi connectivity index (χ0n) is 10.5. The van der Waals surface area contributed by atoms with Crippen molar-refractivity contribution in [2.75, 3.05) is 11.9 Å². The van der Waals surface area contributed by atoms with E-state index in [0.717, 1.165) is 10.0 Å². The van der Waals surface area contributed by atoms with E-state index >= 15 is 0 Å². The van der Waals surface area contributed by atoms with Crippen molar-refractivity contribution in [3.8, 4) is 0 Å². The lowest BCUT2D eigenvalue weighted by atomic mass is 10.2. The molecule has 0 saturated heterocycles. The number of halogens is 1. The molecule has 0 atom stereocenters. The van der Waals surface area contributed by atoms with Crippen LogP contribution in [0.15, 0.2) is 45.6 Å². The maximum absolute atomic E-state index is 11.7. The van der Waals surface area contributed by atoms with Gasteiger partial charge in [0.1, 0.15) is 0 Å². The van der Waals surface area contributed by atoms with Gasteiger partial charge < -0.3 is 10.1 Å². The molecule has 0 fully saturated rings. The second kappa shape index (κ2) is 7.21. The molecule has 0 aliphatic heterocycles. The van der Waals surface area contributed by atoms with Crippen LogP contribution in [0, 0.1) is 0 Å². The van der Waals surface area contributed by atoms with E-state index < -0.39 is 5.97 Å². The fourth-order valence-corrected chi connectivity index (χ4v) is 2.56. The summed E-state index contributed by atoms with van der Waals surface area (Å²) in [5.74, 6) is -0.777. The smallest absolute Gasteiger partial charge is 0.310 e. The van der Waals surface area contributed by atoms with E-state index in [2.05, 4.69) is 21.2 Å². The van der Waals surface area contributed by atoms with Crippen molar-refractivity contribution >= 4 is 44.8 Å². The number of amides is 1. The van der Waals surface area contributed by atoms with E-state index in [0.29, 0.717) is 5.69 Å². The Labute approximate surface area is 128 Å². The summed E-state index contributed by atoms with van der Waals surface area (Å²) in [6.07, 6.45) is 0.186. The minimum atomic E-state index is -0.411. The normalized spacial score (nSPS) is 10.1. The van der Waals surface area contributed by atoms with Crippen molar-refractivity contribution in [1.29, 1.82) is 0 Å². The third-order valence-corrected chi connectivity index (χ3v) is 3.86. The minimum absolute atomic E-state index is 0.186. The molecule has 20 heavy (non-hydrogen) atoms. The molecule has 1 aromatic carbocycles. The quantitative estimate of drug-likeness (QED) is 0.839. The van der Waals surface area contributed by atoms with Crippen LogP contribution >= 0.6 is 27.3 Å². The largest absolute Gasteiger partial charge is 0.455 e. The molecule has 4 nitrogen and oxygen atoms in total. The summed E-state index contributed by atoms with van der Waals surface area (Å²) in [5, 5.41) is 6.43. The van der Waals surface area contributed by atoms with E-state index in [1.54, 1.807) is 6.07 Å². The Hall–Kier alpha value is -1.66. The molecule has 1 heterocycles. The van der Waals surface area contributed by atoms with Gasteiger partial charge in [-0.1, -0.05) is 12.1 Å². The van der Waals surface area contributed by atoms with Crippen LogP contribution in [0.2, 0.25) is 0 Å². The fraction of sp³-hybridized carbons (Fsp3) is 0.143. The number of esters is 1. The van der Waals surface area contributed by atoms with Gasteiger partial charge in [-0.3, -0.25) is 9.59 Å². The summed E-state index contributed by atoms with van der Waals surface area (Å²) >= 11 is 4.84. The van der Waals surface area contributed by atoms with Crippen LogP contribution in [-0.4, -0.2) is 18.5 Å². The second-order valence-electron chi connectivity index (χ2n) is 4.00. The van der Waals surface area contributed by atoms with E-state index in [1.807, 2.05) is 35.0 Å². The molecule has 0 saturated carbocycles. The number of carbonyl (C=O) groups is 2. The summed E-state index contributed by atoms with van der Waals surface area (Å²) in [4.78, 5) is 23.2. The first-order valence-electron chi connectivity index (χ1n) is 5.86. The maximum Gasteiger partial charge on any atom is 0.310 e. The van der Waals surface area contributed by atoms with Crippen LogP contribution in [0.3, 0.4) is 0 Å². The molecule has 0 spiro atoms. The zero-order chi connectivity index (χ0) is 14.4. The van der Waals surface area contributed by atoms with Crippen molar-refractivity contribution in [3.63, 3.8) is 0 Å². The Balaban J connectivity index is 1.78. The average molecular weight is 354 g/mol. The van der Waals surface area contributed by atoms with Gasteiger partial charge in [0.25, 0.3) is 5.91 Å². The molecule has 0 aliphatic rings. The topological polar surface area (TPSA) is 55.4 Å². The van der Waals surface area contributed by atoms with E-state index in [-0.39, 0.29) is 18.9 Å². The van der Waals surface area contributed by atoms with Gasteiger partial charge in [-0.15, -0.1) is 0 Å². The molecule has 1 N–H and O–H groups in total. The third kappa shape index (κ3) is 4.47. The Morgan fingerprint density at radius 2 is 2.05 bits per heavy atom. The minimum Gasteiger partial charge on any atom is -0.455 e. The van der Waals surface area contributed by atoms with E-state index in [9.17, 15) is 9.59 Å². The highest BCUT2D eigenvalue weighted by molar-refractivity contribution is 9.10. The summed E-state index contributed by atoms with van der Waals surface area (Å²) in [5.41, 5.74) is 1.54. The lowest BCUT2D eigenvalue weighted by Gasteiger charge is -2.07. The van der Waals surface area contributed by atoms with Gasteiger partial charge in [0.15, 0.2) is 6.61 Å². The Morgan fingerprint density at radius 3 is 2.75 bits per heavy atom. The third-order valence-electron chi connectivity index (χ3n) is 2.44. The standard InChI is InChI=1S/C14H12BrNO3S/c15-11-3-1-2-4-12(11)16-13(17)8-19-14(18)7-10-5-6-20-9-10/h1-6,9H,7-8H2,(H,16,17). The first-order valence-corrected chi connectivity index (χ1v) is 7.60. The lowest BCUT2D eigenvalue weighted by molar-refractivity contribution is -0.146. The van der Waals surface area contributed by atoms with Gasteiger partial charge in [-0.2, -0.15) is 11.3 Å². The summed E-state index contributed by atoms with van der Waals surface area (Å²) in [7, 11) is 0. The van der Waals surface area contributed by atoms with Crippen LogP contribution in [0.5, 0.6) is 0 Å². The van der Waals surface area contributed by atoms with Crippen LogP contribution in [-0.2, 0) is 20.7 Å². The molecule has 0 bridgehead atoms. The van der Waals surface area contributed by atoms with Gasteiger partial charge in [0.05, 0.1) is 12.1 Å². The Morgan fingerprint density at radius 1 is 1.25 bits per heavy atom. The van der Waals surface area contributed by atoms with E-state index in [4.69, 9.17) is 4.74 Å². The number of rotatable bonds is 5. The number of hydrogen-bond donors (Lipinski definition) is 1. The molecular formula is C14H12BrNO3S. The monoisotopic (exact) mass is 353 g/mol. The molecule has 1 amide bonds. The highest BCUT2D eigenvalue weighted by atomic mass is 79.9. The molecule has 0 aliphatic carbocycles. The number of anilines is 1. The molecular weight excluding hydrogens is 342 g/mol. The van der Waals surface area contributed by atoms with Crippen molar-refractivity contribution < 1.29 is 14.3 Å². The lowest BCUT2D eigenvalue weighted by Crippen LogP contribution is -2.21. The van der Waals surface area contributed by atoms with Gasteiger partial charge in [0, 0.05) is 4.47 Å². The summed E-state index contributed by atoms with van der Waals surface area (Å²) < 4.78 is 5.70. The molecule has 6 heteroatoms. The van der Waals surface area contributed by atoms with Crippen molar-refractivity contribution in [2.45, 2.75) is 6.42 Å². The molecule has 0 unspecified atom stereocenters. The van der Waals surface area contributed by atoms with Crippen LogP contribution in [0.4, 0.5) is 5.69 Å². The number of carbonyl (C=O) groups excluding carboxylic acids is 2. The summed E-state index contributed by atoms with van der Waals surface area (Å²) in [6, 6.07) is 9.09. The average Bonchev–Trinajstić information content (AvgIpc) is 2.92. The Bertz CT molecular complexity index is 598. The molecule has 2 rings (SSSR count). The van der Waals surface area contributed by atoms with Crippen molar-refractivity contribution in [3.05, 3.63) is 51.1 Å². The number of benzene rings is 1. The van der Waals surface area contributed by atoms with E-state index in [1.165, 1.54) is 11.3 Å². The summed E-state index contributed by atoms with van der Waals surface area (Å²) in [6.45, 7) is -0.287. The number of para-hydroxylation sites is 1. The van der Waals surface area contributed by atoms with Crippen LogP contribution in [0.1, 0.15) is 5.56 Å². The SMILES string of the molecule is O=C(COC(=O)Cc1ccsc1)Nc1ccccc1Br. The number of hydrogen-bond acceptors (Lipinski definition) is 4. The second-order valence-corrected chi connectivity index (χ2v) is 5.63. The number of nitrogens with one attached hydrogen (secondary N) is 1. The first kappa shape index (κ1) is 14.7. The first-order chi connectivity index (χ1) is 9.65. The highest BCUT2D eigenvalue weighted by Gasteiger charge is 2.10. The predicted molar refractivity (Wildman–Crippen MR) is 81.8 cm³/mol. The van der Waals surface area contributed by atoms with Gasteiger partial charge in [0.2, 0.25) is 0 Å². The Kier molecular flexibility index (Phi) is 5.31. The van der Waals surface area contributed by atoms with Crippen LogP contribution in [0.25, 0.3) is 0 Å². The zero-order valence-corrected chi connectivity index (χ0v) is 12.9. The van der Waals surface area contributed by atoms with Crippen LogP contribution < -0.4 is 5.32 Å². The fourth-order valence-electron chi connectivity index (χ4n) is 1.51.